The van der Waals surface area contributed by atoms with Crippen LogP contribution in [0.5, 0.6) is 5.75 Å². The zero-order valence-electron chi connectivity index (χ0n) is 13.1. The van der Waals surface area contributed by atoms with E-state index in [1.807, 2.05) is 29.5 Å². The number of hydrogen-bond donors (Lipinski definition) is 1. The number of nitrogens with zero attached hydrogens (tertiary/aromatic N) is 1. The molecule has 1 aliphatic heterocycles. The SMILES string of the molecule is CCOc1cccc(N2C(=O)C(=Cc3ccc(I)o3)C(=O)NC2=S)c1. The lowest BCUT2D eigenvalue weighted by molar-refractivity contribution is -0.122. The summed E-state index contributed by atoms with van der Waals surface area (Å²) in [4.78, 5) is 26.3. The molecule has 2 aromatic rings. The maximum atomic E-state index is 12.9. The summed E-state index contributed by atoms with van der Waals surface area (Å²) in [7, 11) is 0. The lowest BCUT2D eigenvalue weighted by Crippen LogP contribution is -2.54. The fourth-order valence-corrected chi connectivity index (χ4v) is 3.03. The van der Waals surface area contributed by atoms with Crippen LogP contribution in [0.2, 0.25) is 0 Å². The Hall–Kier alpha value is -2.20. The molecule has 0 radical (unpaired) electrons. The Morgan fingerprint density at radius 2 is 2.12 bits per heavy atom. The van der Waals surface area contributed by atoms with Crippen molar-refractivity contribution >= 4 is 63.5 Å². The van der Waals surface area contributed by atoms with Gasteiger partial charge in [-0.3, -0.25) is 19.8 Å². The van der Waals surface area contributed by atoms with E-state index in [0.29, 0.717) is 27.6 Å². The van der Waals surface area contributed by atoms with Gasteiger partial charge < -0.3 is 9.15 Å². The lowest BCUT2D eigenvalue weighted by Gasteiger charge is -2.29. The van der Waals surface area contributed by atoms with E-state index in [0.717, 1.165) is 0 Å². The smallest absolute Gasteiger partial charge is 0.270 e. The van der Waals surface area contributed by atoms with Gasteiger partial charge in [0.1, 0.15) is 17.1 Å². The molecule has 0 spiro atoms. The van der Waals surface area contributed by atoms with Gasteiger partial charge in [0, 0.05) is 6.07 Å². The van der Waals surface area contributed by atoms with Crippen LogP contribution in [0, 0.1) is 3.77 Å². The van der Waals surface area contributed by atoms with Crippen LogP contribution >= 0.6 is 34.8 Å². The Bertz CT molecular complexity index is 890. The van der Waals surface area contributed by atoms with Crippen molar-refractivity contribution in [2.75, 3.05) is 11.5 Å². The molecule has 8 heteroatoms. The number of amides is 2. The number of carbonyl (C=O) groups is 2. The molecule has 2 heterocycles. The Labute approximate surface area is 163 Å². The Morgan fingerprint density at radius 1 is 1.32 bits per heavy atom. The van der Waals surface area contributed by atoms with Crippen molar-refractivity contribution in [1.82, 2.24) is 5.32 Å². The second-order valence-electron chi connectivity index (χ2n) is 5.03. The van der Waals surface area contributed by atoms with Crippen molar-refractivity contribution in [3.8, 4) is 5.75 Å². The lowest BCUT2D eigenvalue weighted by atomic mass is 10.1. The molecule has 0 atom stereocenters. The van der Waals surface area contributed by atoms with Gasteiger partial charge in [0.05, 0.1) is 12.3 Å². The van der Waals surface area contributed by atoms with E-state index < -0.39 is 11.8 Å². The number of ether oxygens (including phenoxy) is 1. The standard InChI is InChI=1S/C17H13IN2O4S/c1-2-23-11-5-3-4-10(8-11)20-16(22)13(15(21)19-17(20)25)9-12-6-7-14(18)24-12/h3-9H,2H2,1H3,(H,19,21,25). The normalized spacial score (nSPS) is 16.3. The Morgan fingerprint density at radius 3 is 2.80 bits per heavy atom. The van der Waals surface area contributed by atoms with Crippen molar-refractivity contribution < 1.29 is 18.7 Å². The van der Waals surface area contributed by atoms with Crippen LogP contribution in [0.15, 0.2) is 46.4 Å². The minimum atomic E-state index is -0.557. The van der Waals surface area contributed by atoms with Gasteiger partial charge in [0.15, 0.2) is 8.88 Å². The molecule has 1 N–H and O–H groups in total. The molecule has 2 amide bonds. The fourth-order valence-electron chi connectivity index (χ4n) is 2.32. The first-order valence-corrected chi connectivity index (χ1v) is 8.88. The molecule has 1 saturated heterocycles. The molecule has 6 nitrogen and oxygen atoms in total. The fraction of sp³-hybridized carbons (Fsp3) is 0.118. The summed E-state index contributed by atoms with van der Waals surface area (Å²) in [5.41, 5.74) is 0.460. The molecule has 25 heavy (non-hydrogen) atoms. The highest BCUT2D eigenvalue weighted by Gasteiger charge is 2.34. The third-order valence-electron chi connectivity index (χ3n) is 3.37. The molecule has 0 unspecified atom stereocenters. The monoisotopic (exact) mass is 468 g/mol. The summed E-state index contributed by atoms with van der Waals surface area (Å²) in [5, 5.41) is 2.55. The van der Waals surface area contributed by atoms with Crippen LogP contribution in [0.4, 0.5) is 5.69 Å². The summed E-state index contributed by atoms with van der Waals surface area (Å²) in [5.74, 6) is -0.0511. The van der Waals surface area contributed by atoms with E-state index in [1.54, 1.807) is 36.4 Å². The third kappa shape index (κ3) is 3.74. The number of nitrogens with one attached hydrogen (secondary N) is 1. The average molecular weight is 468 g/mol. The van der Waals surface area contributed by atoms with Crippen molar-refractivity contribution in [3.63, 3.8) is 0 Å². The van der Waals surface area contributed by atoms with Gasteiger partial charge >= 0.3 is 0 Å². The molecule has 128 valence electrons. The van der Waals surface area contributed by atoms with Gasteiger partial charge in [-0.05, 0) is 72.1 Å². The Balaban J connectivity index is 1.98. The van der Waals surface area contributed by atoms with Gasteiger partial charge in [-0.25, -0.2) is 0 Å². The van der Waals surface area contributed by atoms with Gasteiger partial charge in [-0.15, -0.1) is 0 Å². The first-order chi connectivity index (χ1) is 12.0. The van der Waals surface area contributed by atoms with E-state index in [-0.39, 0.29) is 10.7 Å². The van der Waals surface area contributed by atoms with Crippen molar-refractivity contribution in [2.24, 2.45) is 0 Å². The number of thiocarbonyl (C=S) groups is 1. The Kier molecular flexibility index (Phi) is 5.19. The topological polar surface area (TPSA) is 71.8 Å². The quantitative estimate of drug-likeness (QED) is 0.323. The number of rotatable bonds is 4. The maximum absolute atomic E-state index is 12.9. The minimum Gasteiger partial charge on any atom is -0.494 e. The van der Waals surface area contributed by atoms with Crippen molar-refractivity contribution in [1.29, 1.82) is 0 Å². The highest BCUT2D eigenvalue weighted by Crippen LogP contribution is 2.26. The van der Waals surface area contributed by atoms with Crippen LogP contribution < -0.4 is 15.0 Å². The van der Waals surface area contributed by atoms with E-state index in [4.69, 9.17) is 21.4 Å². The summed E-state index contributed by atoms with van der Waals surface area (Å²) in [6.45, 7) is 2.37. The van der Waals surface area contributed by atoms with E-state index in [1.165, 1.54) is 11.0 Å². The predicted octanol–water partition coefficient (Wildman–Crippen LogP) is 3.11. The number of anilines is 1. The number of benzene rings is 1. The molecule has 1 fully saturated rings. The molecule has 1 aromatic carbocycles. The van der Waals surface area contributed by atoms with Gasteiger partial charge in [0.2, 0.25) is 0 Å². The molecule has 0 saturated carbocycles. The van der Waals surface area contributed by atoms with Crippen LogP contribution in [-0.4, -0.2) is 23.5 Å². The van der Waals surface area contributed by atoms with Crippen molar-refractivity contribution in [2.45, 2.75) is 6.92 Å². The summed E-state index contributed by atoms with van der Waals surface area (Å²) in [6, 6.07) is 10.4. The first kappa shape index (κ1) is 17.6. The molecule has 0 bridgehead atoms. The second-order valence-corrected chi connectivity index (χ2v) is 6.48. The van der Waals surface area contributed by atoms with E-state index in [9.17, 15) is 9.59 Å². The molecule has 0 aliphatic carbocycles. The van der Waals surface area contributed by atoms with Crippen LogP contribution in [-0.2, 0) is 9.59 Å². The maximum Gasteiger partial charge on any atom is 0.270 e. The van der Waals surface area contributed by atoms with Crippen LogP contribution in [0.3, 0.4) is 0 Å². The molecular formula is C17H13IN2O4S. The molecular weight excluding hydrogens is 455 g/mol. The summed E-state index contributed by atoms with van der Waals surface area (Å²) < 4.78 is 11.5. The highest BCUT2D eigenvalue weighted by molar-refractivity contribution is 14.1. The number of carbonyl (C=O) groups excluding carboxylic acids is 2. The van der Waals surface area contributed by atoms with Gasteiger partial charge in [0.25, 0.3) is 11.8 Å². The third-order valence-corrected chi connectivity index (χ3v) is 4.23. The van der Waals surface area contributed by atoms with Crippen LogP contribution in [0.25, 0.3) is 6.08 Å². The van der Waals surface area contributed by atoms with Gasteiger partial charge in [-0.1, -0.05) is 6.07 Å². The summed E-state index contributed by atoms with van der Waals surface area (Å²) in [6.07, 6.45) is 1.40. The first-order valence-electron chi connectivity index (χ1n) is 7.39. The van der Waals surface area contributed by atoms with Crippen LogP contribution in [0.1, 0.15) is 12.7 Å². The number of furan rings is 1. The molecule has 3 rings (SSSR count). The summed E-state index contributed by atoms with van der Waals surface area (Å²) >= 11 is 7.18. The largest absolute Gasteiger partial charge is 0.494 e. The van der Waals surface area contributed by atoms with E-state index >= 15 is 0 Å². The molecule has 1 aromatic heterocycles. The van der Waals surface area contributed by atoms with E-state index in [2.05, 4.69) is 5.32 Å². The van der Waals surface area contributed by atoms with Crippen molar-refractivity contribution in [3.05, 3.63) is 51.5 Å². The average Bonchev–Trinajstić information content (AvgIpc) is 2.97. The zero-order valence-corrected chi connectivity index (χ0v) is 16.1. The number of halogens is 1. The zero-order chi connectivity index (χ0) is 18.0. The van der Waals surface area contributed by atoms with Gasteiger partial charge in [-0.2, -0.15) is 0 Å². The second kappa shape index (κ2) is 7.36. The highest BCUT2D eigenvalue weighted by atomic mass is 127. The minimum absolute atomic E-state index is 0.0230. The molecule has 1 aliphatic rings. The predicted molar refractivity (Wildman–Crippen MR) is 105 cm³/mol. The number of hydrogen-bond acceptors (Lipinski definition) is 5.